The number of nitro benzene ring substituents is 1. The van der Waals surface area contributed by atoms with Crippen molar-refractivity contribution < 1.29 is 22.9 Å². The summed E-state index contributed by atoms with van der Waals surface area (Å²) in [6.45, 7) is 2.44. The highest BCUT2D eigenvalue weighted by molar-refractivity contribution is 6.34. The molecule has 1 fully saturated rings. The summed E-state index contributed by atoms with van der Waals surface area (Å²) in [4.78, 5) is 26.5. The van der Waals surface area contributed by atoms with Gasteiger partial charge in [-0.3, -0.25) is 19.8 Å². The van der Waals surface area contributed by atoms with Gasteiger partial charge in [0.15, 0.2) is 0 Å². The summed E-state index contributed by atoms with van der Waals surface area (Å²) in [5.41, 5.74) is 0.0919. The van der Waals surface area contributed by atoms with Gasteiger partial charge in [-0.25, -0.2) is 0 Å². The molecule has 1 amide bonds. The molecule has 10 heteroatoms. The predicted octanol–water partition coefficient (Wildman–Crippen LogP) is 4.23. The van der Waals surface area contributed by atoms with Gasteiger partial charge >= 0.3 is 6.18 Å². The van der Waals surface area contributed by atoms with Crippen molar-refractivity contribution in [1.82, 2.24) is 9.80 Å². The van der Waals surface area contributed by atoms with E-state index in [9.17, 15) is 28.1 Å². The van der Waals surface area contributed by atoms with Gasteiger partial charge in [0.2, 0.25) is 0 Å². The van der Waals surface area contributed by atoms with Crippen LogP contribution in [-0.4, -0.2) is 46.8 Å². The summed E-state index contributed by atoms with van der Waals surface area (Å²) in [5.74, 6) is -0.306. The Labute approximate surface area is 169 Å². The van der Waals surface area contributed by atoms with E-state index in [4.69, 9.17) is 11.6 Å². The number of amides is 1. The van der Waals surface area contributed by atoms with Crippen LogP contribution in [0.4, 0.5) is 18.9 Å². The second-order valence-corrected chi connectivity index (χ2v) is 7.09. The van der Waals surface area contributed by atoms with Gasteiger partial charge in [-0.1, -0.05) is 23.7 Å². The molecule has 2 aromatic carbocycles. The zero-order valence-electron chi connectivity index (χ0n) is 15.2. The highest BCUT2D eigenvalue weighted by Crippen LogP contribution is 2.29. The first-order valence-electron chi connectivity index (χ1n) is 8.77. The summed E-state index contributed by atoms with van der Waals surface area (Å²) in [6, 6.07) is 8.76. The smallest absolute Gasteiger partial charge is 0.336 e. The van der Waals surface area contributed by atoms with Crippen molar-refractivity contribution in [3.8, 4) is 0 Å². The van der Waals surface area contributed by atoms with Crippen molar-refractivity contribution in [3.05, 3.63) is 74.3 Å². The van der Waals surface area contributed by atoms with Gasteiger partial charge in [-0.2, -0.15) is 13.2 Å². The lowest BCUT2D eigenvalue weighted by molar-refractivity contribution is -0.384. The molecule has 1 heterocycles. The quantitative estimate of drug-likeness (QED) is 0.541. The van der Waals surface area contributed by atoms with E-state index in [1.807, 2.05) is 4.90 Å². The van der Waals surface area contributed by atoms with E-state index in [-0.39, 0.29) is 22.2 Å². The molecule has 0 spiro atoms. The highest BCUT2D eigenvalue weighted by Gasteiger charge is 2.30. The largest absolute Gasteiger partial charge is 0.416 e. The maximum atomic E-state index is 12.6. The SMILES string of the molecule is O=C(c1ccc([N+](=O)[O-])cc1Cl)N1CCN(Cc2ccc(C(F)(F)F)cc2)CC1. The van der Waals surface area contributed by atoms with Crippen molar-refractivity contribution in [2.75, 3.05) is 26.2 Å². The van der Waals surface area contributed by atoms with E-state index < -0.39 is 16.7 Å². The molecule has 0 saturated carbocycles. The minimum absolute atomic E-state index is 0.0244. The molecule has 1 saturated heterocycles. The number of nitrogens with zero attached hydrogens (tertiary/aromatic N) is 3. The molecule has 1 aliphatic rings. The van der Waals surface area contributed by atoms with Crippen LogP contribution in [0.3, 0.4) is 0 Å². The van der Waals surface area contributed by atoms with Crippen molar-refractivity contribution in [2.45, 2.75) is 12.7 Å². The summed E-state index contributed by atoms with van der Waals surface area (Å²) in [5, 5.41) is 10.8. The Bertz CT molecular complexity index is 911. The second kappa shape index (κ2) is 8.38. The maximum absolute atomic E-state index is 12.6. The lowest BCUT2D eigenvalue weighted by Crippen LogP contribution is -2.48. The number of rotatable bonds is 4. The lowest BCUT2D eigenvalue weighted by Gasteiger charge is -2.35. The van der Waals surface area contributed by atoms with Gasteiger partial charge in [-0.05, 0) is 23.8 Å². The molecular weight excluding hydrogens is 411 g/mol. The van der Waals surface area contributed by atoms with E-state index in [2.05, 4.69) is 0 Å². The third kappa shape index (κ3) is 5.04. The Balaban J connectivity index is 1.57. The highest BCUT2D eigenvalue weighted by atomic mass is 35.5. The molecule has 0 aromatic heterocycles. The van der Waals surface area contributed by atoms with Crippen molar-refractivity contribution in [2.24, 2.45) is 0 Å². The van der Waals surface area contributed by atoms with Crippen LogP contribution < -0.4 is 0 Å². The molecule has 0 radical (unpaired) electrons. The number of non-ortho nitro benzene ring substituents is 1. The van der Waals surface area contributed by atoms with Crippen LogP contribution in [0.5, 0.6) is 0 Å². The van der Waals surface area contributed by atoms with Crippen molar-refractivity contribution >= 4 is 23.2 Å². The average Bonchev–Trinajstić information content (AvgIpc) is 2.67. The summed E-state index contributed by atoms with van der Waals surface area (Å²) in [6.07, 6.45) is -4.36. The Kier molecular flexibility index (Phi) is 6.09. The van der Waals surface area contributed by atoms with Gasteiger partial charge in [0, 0.05) is 44.9 Å². The molecule has 0 aliphatic carbocycles. The minimum Gasteiger partial charge on any atom is -0.336 e. The molecule has 1 aliphatic heterocycles. The van der Waals surface area contributed by atoms with Crippen LogP contribution in [0.1, 0.15) is 21.5 Å². The first kappa shape index (κ1) is 21.1. The molecular formula is C19H17ClF3N3O3. The Morgan fingerprint density at radius 3 is 2.21 bits per heavy atom. The number of nitro groups is 1. The maximum Gasteiger partial charge on any atom is 0.416 e. The van der Waals surface area contributed by atoms with Crippen LogP contribution in [0, 0.1) is 10.1 Å². The normalized spacial score (nSPS) is 15.4. The fraction of sp³-hybridized carbons (Fsp3) is 0.316. The summed E-state index contributed by atoms with van der Waals surface area (Å²) in [7, 11) is 0. The molecule has 154 valence electrons. The van der Waals surface area contributed by atoms with E-state index in [1.54, 1.807) is 4.90 Å². The topological polar surface area (TPSA) is 66.7 Å². The minimum atomic E-state index is -4.36. The third-order valence-electron chi connectivity index (χ3n) is 4.74. The lowest BCUT2D eigenvalue weighted by atomic mass is 10.1. The zero-order valence-corrected chi connectivity index (χ0v) is 15.9. The fourth-order valence-corrected chi connectivity index (χ4v) is 3.38. The monoisotopic (exact) mass is 427 g/mol. The number of hydrogen-bond donors (Lipinski definition) is 0. The molecule has 3 rings (SSSR count). The van der Waals surface area contributed by atoms with E-state index in [1.165, 1.54) is 24.3 Å². The molecule has 2 aromatic rings. The number of hydrogen-bond acceptors (Lipinski definition) is 4. The van der Waals surface area contributed by atoms with Crippen LogP contribution in [0.25, 0.3) is 0 Å². The van der Waals surface area contributed by atoms with Gasteiger partial charge in [0.1, 0.15) is 0 Å². The predicted molar refractivity (Wildman–Crippen MR) is 101 cm³/mol. The van der Waals surface area contributed by atoms with E-state index in [0.717, 1.165) is 23.8 Å². The molecule has 0 N–H and O–H groups in total. The third-order valence-corrected chi connectivity index (χ3v) is 5.05. The number of carbonyl (C=O) groups is 1. The van der Waals surface area contributed by atoms with Gasteiger partial charge in [0.25, 0.3) is 11.6 Å². The Morgan fingerprint density at radius 1 is 1.07 bits per heavy atom. The van der Waals surface area contributed by atoms with Crippen molar-refractivity contribution in [3.63, 3.8) is 0 Å². The van der Waals surface area contributed by atoms with Gasteiger partial charge in [-0.15, -0.1) is 0 Å². The molecule has 0 atom stereocenters. The number of halogens is 4. The van der Waals surface area contributed by atoms with Crippen LogP contribution in [-0.2, 0) is 12.7 Å². The van der Waals surface area contributed by atoms with E-state index in [0.29, 0.717) is 32.7 Å². The second-order valence-electron chi connectivity index (χ2n) is 6.68. The molecule has 6 nitrogen and oxygen atoms in total. The van der Waals surface area contributed by atoms with Crippen LogP contribution in [0.2, 0.25) is 5.02 Å². The van der Waals surface area contributed by atoms with Crippen LogP contribution >= 0.6 is 11.6 Å². The van der Waals surface area contributed by atoms with Gasteiger partial charge < -0.3 is 4.90 Å². The van der Waals surface area contributed by atoms with Crippen LogP contribution in [0.15, 0.2) is 42.5 Å². The number of piperazine rings is 1. The number of alkyl halides is 3. The first-order valence-corrected chi connectivity index (χ1v) is 9.14. The number of carbonyl (C=O) groups excluding carboxylic acids is 1. The molecule has 0 unspecified atom stereocenters. The molecule has 0 bridgehead atoms. The van der Waals surface area contributed by atoms with Crippen molar-refractivity contribution in [1.29, 1.82) is 0 Å². The zero-order chi connectivity index (χ0) is 21.2. The standard InChI is InChI=1S/C19H17ClF3N3O3/c20-17-11-15(26(28)29)5-6-16(17)18(27)25-9-7-24(8-10-25)12-13-1-3-14(4-2-13)19(21,22)23/h1-6,11H,7-10,12H2. The van der Waals surface area contributed by atoms with Gasteiger partial charge in [0.05, 0.1) is 21.1 Å². The number of benzene rings is 2. The molecule has 29 heavy (non-hydrogen) atoms. The summed E-state index contributed by atoms with van der Waals surface area (Å²) >= 11 is 6.03. The summed E-state index contributed by atoms with van der Waals surface area (Å²) < 4.78 is 37.9. The average molecular weight is 428 g/mol. The Morgan fingerprint density at radius 2 is 1.69 bits per heavy atom. The first-order chi connectivity index (χ1) is 13.6. The fourth-order valence-electron chi connectivity index (χ4n) is 3.13. The Hall–Kier alpha value is -2.65. The van der Waals surface area contributed by atoms with E-state index >= 15 is 0 Å².